The summed E-state index contributed by atoms with van der Waals surface area (Å²) in [6.45, 7) is 1.79. The van der Waals surface area contributed by atoms with Crippen LogP contribution >= 0.6 is 0 Å². The molecule has 0 unspecified atom stereocenters. The summed E-state index contributed by atoms with van der Waals surface area (Å²) in [7, 11) is 2.02. The first-order valence-electron chi connectivity index (χ1n) is 6.69. The summed E-state index contributed by atoms with van der Waals surface area (Å²) in [5, 5.41) is 4.28. The number of hydrogen-bond acceptors (Lipinski definition) is 4. The molecule has 4 heterocycles. The number of nitrogens with zero attached hydrogens (tertiary/aromatic N) is 2. The molecule has 5 heteroatoms. The molecule has 2 aliphatic heterocycles. The quantitative estimate of drug-likeness (QED) is 0.746. The molecule has 1 spiro atoms. The molecule has 5 nitrogen and oxygen atoms in total. The minimum absolute atomic E-state index is 0.263. The van der Waals surface area contributed by atoms with Crippen molar-refractivity contribution in [3.05, 3.63) is 24.0 Å². The maximum atomic E-state index is 13.0. The van der Waals surface area contributed by atoms with Crippen LogP contribution in [0.25, 0.3) is 11.0 Å². The summed E-state index contributed by atoms with van der Waals surface area (Å²) in [4.78, 5) is 22.6. The Morgan fingerprint density at radius 2 is 2.16 bits per heavy atom. The minimum atomic E-state index is -0.360. The maximum Gasteiger partial charge on any atom is 0.191 e. The summed E-state index contributed by atoms with van der Waals surface area (Å²) >= 11 is 0. The number of H-pyrrole nitrogens is 1. The molecule has 98 valence electrons. The second kappa shape index (κ2) is 3.57. The van der Waals surface area contributed by atoms with E-state index < -0.39 is 0 Å². The van der Waals surface area contributed by atoms with E-state index in [-0.39, 0.29) is 11.3 Å². The van der Waals surface area contributed by atoms with Crippen molar-refractivity contribution in [3.63, 3.8) is 0 Å². The number of hydrogen-bond donors (Lipinski definition) is 2. The second-order valence-electron chi connectivity index (χ2n) is 5.43. The predicted molar refractivity (Wildman–Crippen MR) is 73.7 cm³/mol. The Kier molecular flexibility index (Phi) is 2.07. The smallest absolute Gasteiger partial charge is 0.191 e. The van der Waals surface area contributed by atoms with E-state index in [1.165, 1.54) is 0 Å². The lowest BCUT2D eigenvalue weighted by Crippen LogP contribution is -2.54. The molecule has 0 radical (unpaired) electrons. The third kappa shape index (κ3) is 1.23. The van der Waals surface area contributed by atoms with E-state index in [1.807, 2.05) is 25.5 Å². The average Bonchev–Trinajstić information content (AvgIpc) is 2.99. The van der Waals surface area contributed by atoms with Gasteiger partial charge in [0.05, 0.1) is 17.4 Å². The van der Waals surface area contributed by atoms with E-state index in [9.17, 15) is 4.79 Å². The zero-order valence-electron chi connectivity index (χ0n) is 10.9. The lowest BCUT2D eigenvalue weighted by molar-refractivity contribution is 0.0873. The van der Waals surface area contributed by atoms with Crippen molar-refractivity contribution in [1.82, 2.24) is 15.3 Å². The molecule has 0 amide bonds. The fourth-order valence-corrected chi connectivity index (χ4v) is 3.51. The van der Waals surface area contributed by atoms with Gasteiger partial charge in [0.25, 0.3) is 0 Å². The zero-order chi connectivity index (χ0) is 13.0. The second-order valence-corrected chi connectivity index (χ2v) is 5.43. The number of nitrogens with one attached hydrogen (secondary N) is 2. The first kappa shape index (κ1) is 11.0. The molecule has 2 aromatic rings. The van der Waals surface area contributed by atoms with Gasteiger partial charge in [-0.25, -0.2) is 4.98 Å². The number of carbonyl (C=O) groups is 1. The lowest BCUT2D eigenvalue weighted by atomic mass is 9.83. The number of aromatic nitrogens is 2. The van der Waals surface area contributed by atoms with Crippen LogP contribution in [0.4, 0.5) is 5.69 Å². The van der Waals surface area contributed by atoms with Gasteiger partial charge in [-0.15, -0.1) is 0 Å². The Hall–Kier alpha value is -1.88. The molecular weight excluding hydrogens is 240 g/mol. The summed E-state index contributed by atoms with van der Waals surface area (Å²) in [5.41, 5.74) is 2.25. The van der Waals surface area contributed by atoms with Crippen molar-refractivity contribution < 1.29 is 4.79 Å². The number of anilines is 1. The Balaban J connectivity index is 1.96. The van der Waals surface area contributed by atoms with Crippen LogP contribution in [-0.2, 0) is 0 Å². The highest BCUT2D eigenvalue weighted by molar-refractivity contribution is 6.20. The predicted octanol–water partition coefficient (Wildman–Crippen LogP) is 1.32. The Morgan fingerprint density at radius 3 is 2.95 bits per heavy atom. The molecule has 4 rings (SSSR count). The number of likely N-dealkylation sites (N-methyl/N-ethyl adjacent to an activating group) is 1. The van der Waals surface area contributed by atoms with Crippen molar-refractivity contribution in [3.8, 4) is 0 Å². The number of carbonyl (C=O) groups excluding carboxylic acids is 1. The number of rotatable bonds is 0. The highest BCUT2D eigenvalue weighted by Gasteiger charge is 2.50. The fraction of sp³-hybridized carbons (Fsp3) is 0.429. The lowest BCUT2D eigenvalue weighted by Gasteiger charge is -2.39. The molecule has 2 aromatic heterocycles. The molecule has 0 aromatic carbocycles. The monoisotopic (exact) mass is 256 g/mol. The van der Waals surface area contributed by atoms with Gasteiger partial charge >= 0.3 is 0 Å². The molecular formula is C14H16N4O. The summed E-state index contributed by atoms with van der Waals surface area (Å²) in [5.74, 6) is 0.263. The van der Waals surface area contributed by atoms with Crippen molar-refractivity contribution >= 4 is 22.5 Å². The first-order valence-corrected chi connectivity index (χ1v) is 6.69. The Morgan fingerprint density at radius 1 is 1.37 bits per heavy atom. The van der Waals surface area contributed by atoms with Crippen LogP contribution < -0.4 is 10.2 Å². The molecule has 0 atom stereocenters. The highest BCUT2D eigenvalue weighted by atomic mass is 16.1. The van der Waals surface area contributed by atoms with Crippen molar-refractivity contribution in [2.24, 2.45) is 0 Å². The van der Waals surface area contributed by atoms with Gasteiger partial charge in [-0.05, 0) is 32.0 Å². The number of pyridine rings is 1. The minimum Gasteiger partial charge on any atom is -0.360 e. The van der Waals surface area contributed by atoms with E-state index >= 15 is 0 Å². The van der Waals surface area contributed by atoms with Gasteiger partial charge in [0.1, 0.15) is 11.2 Å². The van der Waals surface area contributed by atoms with E-state index in [0.717, 1.165) is 48.2 Å². The fourth-order valence-electron chi connectivity index (χ4n) is 3.51. The molecule has 2 aliphatic rings. The van der Waals surface area contributed by atoms with E-state index in [0.29, 0.717) is 0 Å². The number of aromatic amines is 1. The molecule has 1 fully saturated rings. The van der Waals surface area contributed by atoms with Gasteiger partial charge < -0.3 is 15.2 Å². The number of piperidine rings is 1. The standard InChI is InChI=1S/C14H16N4O/c1-18-10-8-17-13-9(2-5-16-13)11(10)12(19)14(18)3-6-15-7-4-14/h2,5,8,15H,3-4,6-7H2,1H3,(H,16,17). The Labute approximate surface area is 111 Å². The van der Waals surface area contributed by atoms with Crippen LogP contribution in [-0.4, -0.2) is 41.4 Å². The van der Waals surface area contributed by atoms with Gasteiger partial charge in [0.2, 0.25) is 0 Å². The van der Waals surface area contributed by atoms with Crippen molar-refractivity contribution in [2.45, 2.75) is 18.4 Å². The topological polar surface area (TPSA) is 61.0 Å². The average molecular weight is 256 g/mol. The third-order valence-electron chi connectivity index (χ3n) is 4.65. The largest absolute Gasteiger partial charge is 0.360 e. The maximum absolute atomic E-state index is 13.0. The normalized spacial score (nSPS) is 21.3. The summed E-state index contributed by atoms with van der Waals surface area (Å²) in [6, 6.07) is 1.95. The van der Waals surface area contributed by atoms with Crippen LogP contribution in [0, 0.1) is 0 Å². The third-order valence-corrected chi connectivity index (χ3v) is 4.65. The van der Waals surface area contributed by atoms with Gasteiger partial charge in [0.15, 0.2) is 5.78 Å². The molecule has 1 saturated heterocycles. The molecule has 19 heavy (non-hydrogen) atoms. The number of Topliss-reactive ketones (excluding diaryl/α,β-unsaturated/α-hetero) is 1. The van der Waals surface area contributed by atoms with Crippen LogP contribution in [0.2, 0.25) is 0 Å². The summed E-state index contributed by atoms with van der Waals surface area (Å²) < 4.78 is 0. The molecule has 0 saturated carbocycles. The number of ketones is 1. The van der Waals surface area contributed by atoms with Gasteiger partial charge in [-0.3, -0.25) is 4.79 Å². The van der Waals surface area contributed by atoms with Gasteiger partial charge in [-0.1, -0.05) is 0 Å². The van der Waals surface area contributed by atoms with Crippen LogP contribution in [0.15, 0.2) is 18.5 Å². The van der Waals surface area contributed by atoms with Crippen molar-refractivity contribution in [1.29, 1.82) is 0 Å². The molecule has 0 bridgehead atoms. The van der Waals surface area contributed by atoms with Crippen LogP contribution in [0.3, 0.4) is 0 Å². The Bertz CT molecular complexity index is 669. The first-order chi connectivity index (χ1) is 9.24. The van der Waals surface area contributed by atoms with E-state index in [4.69, 9.17) is 0 Å². The SMILES string of the molecule is CN1c2cnc3[nH]ccc3c2C(=O)C12CCNCC2. The molecule has 0 aliphatic carbocycles. The number of fused-ring (bicyclic) bond motifs is 3. The highest BCUT2D eigenvalue weighted by Crippen LogP contribution is 2.44. The van der Waals surface area contributed by atoms with Gasteiger partial charge in [0, 0.05) is 18.6 Å². The van der Waals surface area contributed by atoms with E-state index in [2.05, 4.69) is 20.2 Å². The summed E-state index contributed by atoms with van der Waals surface area (Å²) in [6.07, 6.45) is 5.40. The van der Waals surface area contributed by atoms with Crippen LogP contribution in [0.1, 0.15) is 23.2 Å². The zero-order valence-corrected chi connectivity index (χ0v) is 10.9. The van der Waals surface area contributed by atoms with Crippen molar-refractivity contribution in [2.75, 3.05) is 25.0 Å². The van der Waals surface area contributed by atoms with E-state index in [1.54, 1.807) is 0 Å². The van der Waals surface area contributed by atoms with Gasteiger partial charge in [-0.2, -0.15) is 0 Å². The van der Waals surface area contributed by atoms with Crippen LogP contribution in [0.5, 0.6) is 0 Å². The molecule has 2 N–H and O–H groups in total.